The molecule has 2 heterocycles. The Balaban J connectivity index is 2.23. The molecule has 0 saturated carbocycles. The Morgan fingerprint density at radius 3 is 2.75 bits per heavy atom. The van der Waals surface area contributed by atoms with Crippen LogP contribution >= 0.6 is 11.3 Å². The first-order valence-electron chi connectivity index (χ1n) is 7.03. The van der Waals surface area contributed by atoms with E-state index in [0.29, 0.717) is 13.0 Å². The van der Waals surface area contributed by atoms with Crippen molar-refractivity contribution in [2.24, 2.45) is 5.92 Å². The molecule has 1 aromatic heterocycles. The van der Waals surface area contributed by atoms with Gasteiger partial charge in [-0.3, -0.25) is 9.59 Å². The van der Waals surface area contributed by atoms with Crippen LogP contribution in [0.1, 0.15) is 38.6 Å². The van der Waals surface area contributed by atoms with E-state index in [-0.39, 0.29) is 23.8 Å². The smallest absolute Gasteiger partial charge is 0.246 e. The summed E-state index contributed by atoms with van der Waals surface area (Å²) in [5, 5.41) is 5.62. The van der Waals surface area contributed by atoms with Crippen LogP contribution in [0.25, 0.3) is 0 Å². The molecule has 2 atom stereocenters. The van der Waals surface area contributed by atoms with E-state index in [9.17, 15) is 9.59 Å². The standard InChI is InChI=1S/C14H21N3O2S/c1-4-5-10-13(18)16-12(9(2)3)14(19)17(10)8-11-15-6-7-20-11/h6-7,9-10,12H,4-5,8H2,1-3H3,(H,16,18). The van der Waals surface area contributed by atoms with E-state index < -0.39 is 6.04 Å². The highest BCUT2D eigenvalue weighted by Gasteiger charge is 2.41. The van der Waals surface area contributed by atoms with E-state index in [2.05, 4.69) is 10.3 Å². The third-order valence-corrected chi connectivity index (χ3v) is 4.31. The predicted octanol–water partition coefficient (Wildman–Crippen LogP) is 1.79. The average Bonchev–Trinajstić information content (AvgIpc) is 2.90. The number of hydrogen-bond donors (Lipinski definition) is 1. The summed E-state index contributed by atoms with van der Waals surface area (Å²) in [4.78, 5) is 30.8. The molecule has 6 heteroatoms. The number of rotatable bonds is 5. The molecule has 0 aliphatic carbocycles. The summed E-state index contributed by atoms with van der Waals surface area (Å²) < 4.78 is 0. The topological polar surface area (TPSA) is 62.3 Å². The molecule has 1 aliphatic heterocycles. The van der Waals surface area contributed by atoms with Gasteiger partial charge in [0.05, 0.1) is 6.54 Å². The highest BCUT2D eigenvalue weighted by molar-refractivity contribution is 7.09. The van der Waals surface area contributed by atoms with Crippen molar-refractivity contribution in [2.75, 3.05) is 0 Å². The lowest BCUT2D eigenvalue weighted by Gasteiger charge is -2.40. The first-order chi connectivity index (χ1) is 9.54. The zero-order chi connectivity index (χ0) is 14.7. The molecule has 20 heavy (non-hydrogen) atoms. The molecule has 1 fully saturated rings. The summed E-state index contributed by atoms with van der Waals surface area (Å²) in [6.45, 7) is 6.35. The van der Waals surface area contributed by atoms with Crippen LogP contribution < -0.4 is 5.32 Å². The number of nitrogens with one attached hydrogen (secondary N) is 1. The van der Waals surface area contributed by atoms with Crippen molar-refractivity contribution in [1.82, 2.24) is 15.2 Å². The van der Waals surface area contributed by atoms with Gasteiger partial charge in [0.25, 0.3) is 0 Å². The highest BCUT2D eigenvalue weighted by Crippen LogP contribution is 2.21. The van der Waals surface area contributed by atoms with Crippen LogP contribution in [0.3, 0.4) is 0 Å². The Bertz CT molecular complexity index is 473. The molecule has 0 bridgehead atoms. The van der Waals surface area contributed by atoms with Gasteiger partial charge in [-0.05, 0) is 12.3 Å². The van der Waals surface area contributed by atoms with Gasteiger partial charge in [-0.1, -0.05) is 27.2 Å². The maximum absolute atomic E-state index is 12.6. The molecule has 110 valence electrons. The average molecular weight is 295 g/mol. The Morgan fingerprint density at radius 1 is 1.45 bits per heavy atom. The number of hydrogen-bond acceptors (Lipinski definition) is 4. The minimum absolute atomic E-state index is 0.00764. The van der Waals surface area contributed by atoms with Gasteiger partial charge in [-0.25, -0.2) is 4.98 Å². The highest BCUT2D eigenvalue weighted by atomic mass is 32.1. The number of aromatic nitrogens is 1. The van der Waals surface area contributed by atoms with E-state index in [1.807, 2.05) is 26.2 Å². The van der Waals surface area contributed by atoms with Gasteiger partial charge in [-0.15, -0.1) is 11.3 Å². The summed E-state index contributed by atoms with van der Waals surface area (Å²) in [5.41, 5.74) is 0. The monoisotopic (exact) mass is 295 g/mol. The number of carbonyl (C=O) groups excluding carboxylic acids is 2. The second kappa shape index (κ2) is 6.35. The molecule has 0 radical (unpaired) electrons. The van der Waals surface area contributed by atoms with Gasteiger partial charge in [0.2, 0.25) is 11.8 Å². The zero-order valence-corrected chi connectivity index (χ0v) is 12.9. The molecule has 5 nitrogen and oxygen atoms in total. The summed E-state index contributed by atoms with van der Waals surface area (Å²) >= 11 is 1.51. The van der Waals surface area contributed by atoms with Gasteiger partial charge in [0.1, 0.15) is 17.1 Å². The summed E-state index contributed by atoms with van der Waals surface area (Å²) in [6.07, 6.45) is 3.28. The van der Waals surface area contributed by atoms with Gasteiger partial charge < -0.3 is 10.2 Å². The molecule has 2 rings (SSSR count). The second-order valence-corrected chi connectivity index (χ2v) is 6.41. The van der Waals surface area contributed by atoms with Crippen LogP contribution in [0, 0.1) is 5.92 Å². The van der Waals surface area contributed by atoms with Crippen molar-refractivity contribution in [1.29, 1.82) is 0 Å². The van der Waals surface area contributed by atoms with Gasteiger partial charge in [0.15, 0.2) is 0 Å². The number of amides is 2. The van der Waals surface area contributed by atoms with Crippen LogP contribution in [0.15, 0.2) is 11.6 Å². The molecular weight excluding hydrogens is 274 g/mol. The molecule has 1 aliphatic rings. The molecule has 0 aromatic carbocycles. The van der Waals surface area contributed by atoms with Crippen LogP contribution in [-0.4, -0.2) is 33.8 Å². The molecule has 0 spiro atoms. The van der Waals surface area contributed by atoms with Crippen LogP contribution in [-0.2, 0) is 16.1 Å². The molecule has 1 aromatic rings. The van der Waals surface area contributed by atoms with Gasteiger partial charge in [-0.2, -0.15) is 0 Å². The second-order valence-electron chi connectivity index (χ2n) is 5.43. The van der Waals surface area contributed by atoms with Crippen molar-refractivity contribution in [2.45, 2.75) is 52.2 Å². The lowest BCUT2D eigenvalue weighted by Crippen LogP contribution is -2.64. The van der Waals surface area contributed by atoms with Crippen LogP contribution in [0.5, 0.6) is 0 Å². The van der Waals surface area contributed by atoms with E-state index in [0.717, 1.165) is 11.4 Å². The Kier molecular flexibility index (Phi) is 4.75. The lowest BCUT2D eigenvalue weighted by molar-refractivity contribution is -0.151. The van der Waals surface area contributed by atoms with Crippen molar-refractivity contribution in [3.8, 4) is 0 Å². The van der Waals surface area contributed by atoms with Crippen LogP contribution in [0.2, 0.25) is 0 Å². The minimum atomic E-state index is -0.421. The Morgan fingerprint density at radius 2 is 2.20 bits per heavy atom. The number of thiazole rings is 1. The van der Waals surface area contributed by atoms with Crippen molar-refractivity contribution in [3.63, 3.8) is 0 Å². The molecule has 2 unspecified atom stereocenters. The number of carbonyl (C=O) groups is 2. The van der Waals surface area contributed by atoms with E-state index in [4.69, 9.17) is 0 Å². The molecule has 1 N–H and O–H groups in total. The maximum atomic E-state index is 12.6. The van der Waals surface area contributed by atoms with E-state index in [1.54, 1.807) is 11.1 Å². The fourth-order valence-corrected chi connectivity index (χ4v) is 3.08. The molecular formula is C14H21N3O2S. The molecule has 2 amide bonds. The summed E-state index contributed by atoms with van der Waals surface area (Å²) in [6, 6.07) is -0.790. The predicted molar refractivity (Wildman–Crippen MR) is 78.1 cm³/mol. The summed E-state index contributed by atoms with van der Waals surface area (Å²) in [7, 11) is 0. The number of piperazine rings is 1. The van der Waals surface area contributed by atoms with Crippen molar-refractivity contribution < 1.29 is 9.59 Å². The third kappa shape index (κ3) is 3.00. The normalized spacial score (nSPS) is 23.3. The fraction of sp³-hybridized carbons (Fsp3) is 0.643. The third-order valence-electron chi connectivity index (χ3n) is 3.54. The SMILES string of the molecule is CCCC1C(=O)NC(C(C)C)C(=O)N1Cc1nccs1. The van der Waals surface area contributed by atoms with Crippen LogP contribution in [0.4, 0.5) is 0 Å². The number of nitrogens with zero attached hydrogens (tertiary/aromatic N) is 2. The van der Waals surface area contributed by atoms with Crippen molar-refractivity contribution >= 4 is 23.2 Å². The molecule has 1 saturated heterocycles. The van der Waals surface area contributed by atoms with E-state index >= 15 is 0 Å². The Labute approximate surface area is 123 Å². The first-order valence-corrected chi connectivity index (χ1v) is 7.91. The Hall–Kier alpha value is -1.43. The zero-order valence-electron chi connectivity index (χ0n) is 12.1. The van der Waals surface area contributed by atoms with E-state index in [1.165, 1.54) is 11.3 Å². The van der Waals surface area contributed by atoms with Crippen molar-refractivity contribution in [3.05, 3.63) is 16.6 Å². The summed E-state index contributed by atoms with van der Waals surface area (Å²) in [5.74, 6) is 0.0581. The van der Waals surface area contributed by atoms with Gasteiger partial charge in [0, 0.05) is 11.6 Å². The largest absolute Gasteiger partial charge is 0.342 e. The fourth-order valence-electron chi connectivity index (χ4n) is 2.46. The first kappa shape index (κ1) is 15.0. The maximum Gasteiger partial charge on any atom is 0.246 e. The lowest BCUT2D eigenvalue weighted by atomic mass is 9.96. The quantitative estimate of drug-likeness (QED) is 0.901. The minimum Gasteiger partial charge on any atom is -0.342 e. The van der Waals surface area contributed by atoms with Gasteiger partial charge >= 0.3 is 0 Å².